The number of hydrogen-bond donors (Lipinski definition) is 0. The molecule has 174 valence electrons. The van der Waals surface area contributed by atoms with Crippen LogP contribution in [0.15, 0.2) is 65.3 Å². The SMILES string of the molecule is Cc1ccc(OC(=O)C2OC2c2ccccc2CCCCCCCCc2ccco2)c(C)c1. The van der Waals surface area contributed by atoms with Gasteiger partial charge in [-0.15, -0.1) is 0 Å². The monoisotopic (exact) mass is 446 g/mol. The van der Waals surface area contributed by atoms with Gasteiger partial charge in [0.1, 0.15) is 17.6 Å². The Hall–Kier alpha value is -2.85. The Morgan fingerprint density at radius 2 is 1.64 bits per heavy atom. The normalized spacial score (nSPS) is 17.2. The Morgan fingerprint density at radius 3 is 2.39 bits per heavy atom. The molecule has 0 amide bonds. The van der Waals surface area contributed by atoms with E-state index >= 15 is 0 Å². The highest BCUT2D eigenvalue weighted by Crippen LogP contribution is 2.41. The fourth-order valence-electron chi connectivity index (χ4n) is 4.42. The minimum Gasteiger partial charge on any atom is -0.469 e. The highest BCUT2D eigenvalue weighted by molar-refractivity contribution is 5.81. The van der Waals surface area contributed by atoms with Crippen LogP contribution >= 0.6 is 0 Å². The first-order chi connectivity index (χ1) is 16.1. The summed E-state index contributed by atoms with van der Waals surface area (Å²) in [6.07, 6.45) is 10.4. The van der Waals surface area contributed by atoms with E-state index in [1.54, 1.807) is 6.26 Å². The molecule has 0 spiro atoms. The first-order valence-corrected chi connectivity index (χ1v) is 12.2. The fourth-order valence-corrected chi connectivity index (χ4v) is 4.42. The van der Waals surface area contributed by atoms with Crippen molar-refractivity contribution in [2.24, 2.45) is 0 Å². The van der Waals surface area contributed by atoms with Gasteiger partial charge in [0.25, 0.3) is 0 Å². The second-order valence-corrected chi connectivity index (χ2v) is 9.07. The number of epoxide rings is 1. The number of rotatable bonds is 12. The molecular formula is C29H34O4. The molecule has 2 heterocycles. The molecule has 4 nitrogen and oxygen atoms in total. The number of unbranched alkanes of at least 4 members (excludes halogenated alkanes) is 5. The Labute approximate surface area is 196 Å². The van der Waals surface area contributed by atoms with Gasteiger partial charge in [-0.05, 0) is 68.0 Å². The number of hydrogen-bond acceptors (Lipinski definition) is 4. The second-order valence-electron chi connectivity index (χ2n) is 9.07. The first kappa shape index (κ1) is 23.3. The third kappa shape index (κ3) is 6.58. The lowest BCUT2D eigenvalue weighted by molar-refractivity contribution is -0.135. The van der Waals surface area contributed by atoms with Gasteiger partial charge in [0.2, 0.25) is 0 Å². The second kappa shape index (κ2) is 11.3. The molecule has 0 bridgehead atoms. The lowest BCUT2D eigenvalue weighted by Gasteiger charge is -2.08. The maximum absolute atomic E-state index is 12.6. The zero-order valence-electron chi connectivity index (χ0n) is 19.7. The van der Waals surface area contributed by atoms with Crippen LogP contribution in [0, 0.1) is 13.8 Å². The zero-order valence-corrected chi connectivity index (χ0v) is 19.7. The quantitative estimate of drug-likeness (QED) is 0.129. The van der Waals surface area contributed by atoms with Gasteiger partial charge in [0.15, 0.2) is 6.10 Å². The molecule has 1 aliphatic heterocycles. The highest BCUT2D eigenvalue weighted by Gasteiger charge is 2.48. The Balaban J connectivity index is 1.19. The summed E-state index contributed by atoms with van der Waals surface area (Å²) in [5.74, 6) is 1.39. The Kier molecular flexibility index (Phi) is 8.01. The third-order valence-electron chi connectivity index (χ3n) is 6.33. The van der Waals surface area contributed by atoms with Crippen LogP contribution in [0.5, 0.6) is 5.75 Å². The van der Waals surface area contributed by atoms with Gasteiger partial charge in [-0.25, -0.2) is 4.79 Å². The molecule has 33 heavy (non-hydrogen) atoms. The molecule has 2 atom stereocenters. The van der Waals surface area contributed by atoms with Gasteiger partial charge in [0, 0.05) is 6.42 Å². The van der Waals surface area contributed by atoms with E-state index in [1.165, 1.54) is 37.7 Å². The van der Waals surface area contributed by atoms with Crippen molar-refractivity contribution in [3.63, 3.8) is 0 Å². The number of ether oxygens (including phenoxy) is 2. The number of aryl methyl sites for hydroxylation is 4. The van der Waals surface area contributed by atoms with Gasteiger partial charge in [-0.2, -0.15) is 0 Å². The van der Waals surface area contributed by atoms with E-state index in [-0.39, 0.29) is 12.1 Å². The number of carbonyl (C=O) groups excluding carboxylic acids is 1. The first-order valence-electron chi connectivity index (χ1n) is 12.2. The summed E-state index contributed by atoms with van der Waals surface area (Å²) >= 11 is 0. The molecule has 1 saturated heterocycles. The largest absolute Gasteiger partial charge is 0.469 e. The molecule has 2 unspecified atom stereocenters. The maximum Gasteiger partial charge on any atom is 0.343 e. The van der Waals surface area contributed by atoms with Crippen LogP contribution in [0.1, 0.15) is 72.6 Å². The molecule has 0 radical (unpaired) electrons. The van der Waals surface area contributed by atoms with E-state index in [1.807, 2.05) is 44.2 Å². The molecule has 4 rings (SSSR count). The summed E-state index contributed by atoms with van der Waals surface area (Å²) in [7, 11) is 0. The van der Waals surface area contributed by atoms with Crippen LogP contribution < -0.4 is 4.74 Å². The standard InChI is InChI=1S/C29H34O4/c1-21-17-18-26(22(2)20-21)32-29(30)28-27(33-28)25-16-10-9-13-23(25)12-7-5-3-4-6-8-14-24-15-11-19-31-24/h9-11,13,15-20,27-28H,3-8,12,14H2,1-2H3. The molecule has 1 aromatic heterocycles. The van der Waals surface area contributed by atoms with E-state index in [2.05, 4.69) is 24.3 Å². The summed E-state index contributed by atoms with van der Waals surface area (Å²) < 4.78 is 16.8. The number of esters is 1. The van der Waals surface area contributed by atoms with Gasteiger partial charge in [-0.1, -0.05) is 67.6 Å². The Bertz CT molecular complexity index is 1040. The van der Waals surface area contributed by atoms with E-state index in [9.17, 15) is 4.79 Å². The lowest BCUT2D eigenvalue weighted by Crippen LogP contribution is -2.16. The Morgan fingerprint density at radius 1 is 0.879 bits per heavy atom. The third-order valence-corrected chi connectivity index (χ3v) is 6.33. The van der Waals surface area contributed by atoms with Crippen molar-refractivity contribution in [1.29, 1.82) is 0 Å². The average molecular weight is 447 g/mol. The van der Waals surface area contributed by atoms with Crippen LogP contribution in [-0.4, -0.2) is 12.1 Å². The van der Waals surface area contributed by atoms with Crippen molar-refractivity contribution in [1.82, 2.24) is 0 Å². The van der Waals surface area contributed by atoms with Crippen LogP contribution in [0.2, 0.25) is 0 Å². The summed E-state index contributed by atoms with van der Waals surface area (Å²) in [6, 6.07) is 18.2. The van der Waals surface area contributed by atoms with Crippen LogP contribution in [0.4, 0.5) is 0 Å². The van der Waals surface area contributed by atoms with Gasteiger partial charge >= 0.3 is 5.97 Å². The van der Waals surface area contributed by atoms with Crippen molar-refractivity contribution in [3.8, 4) is 5.75 Å². The molecular weight excluding hydrogens is 412 g/mol. The van der Waals surface area contributed by atoms with E-state index in [0.717, 1.165) is 41.7 Å². The van der Waals surface area contributed by atoms with E-state index in [4.69, 9.17) is 13.9 Å². The summed E-state index contributed by atoms with van der Waals surface area (Å²) in [5, 5.41) is 0. The molecule has 3 aromatic rings. The fraction of sp³-hybridized carbons (Fsp3) is 0.414. The molecule has 1 fully saturated rings. The molecule has 1 aliphatic rings. The molecule has 0 N–H and O–H groups in total. The average Bonchev–Trinajstić information content (AvgIpc) is 3.44. The van der Waals surface area contributed by atoms with Gasteiger partial charge in [0.05, 0.1) is 6.26 Å². The number of benzene rings is 2. The van der Waals surface area contributed by atoms with Crippen molar-refractivity contribution in [2.75, 3.05) is 0 Å². The van der Waals surface area contributed by atoms with Crippen LogP contribution in [0.25, 0.3) is 0 Å². The smallest absolute Gasteiger partial charge is 0.343 e. The lowest BCUT2D eigenvalue weighted by atomic mass is 9.97. The predicted octanol–water partition coefficient (Wildman–Crippen LogP) is 7.07. The molecule has 4 heteroatoms. The molecule has 0 aliphatic carbocycles. The maximum atomic E-state index is 12.6. The minimum absolute atomic E-state index is 0.193. The number of furan rings is 1. The predicted molar refractivity (Wildman–Crippen MR) is 129 cm³/mol. The summed E-state index contributed by atoms with van der Waals surface area (Å²) in [6.45, 7) is 3.98. The van der Waals surface area contributed by atoms with Crippen molar-refractivity contribution >= 4 is 5.97 Å². The van der Waals surface area contributed by atoms with Crippen LogP contribution in [-0.2, 0) is 22.4 Å². The topological polar surface area (TPSA) is 52.0 Å². The number of carbonyl (C=O) groups is 1. The van der Waals surface area contributed by atoms with Crippen molar-refractivity contribution < 1.29 is 18.7 Å². The minimum atomic E-state index is -0.513. The van der Waals surface area contributed by atoms with Crippen molar-refractivity contribution in [2.45, 2.75) is 77.4 Å². The van der Waals surface area contributed by atoms with Crippen LogP contribution in [0.3, 0.4) is 0 Å². The zero-order chi connectivity index (χ0) is 23.0. The molecule has 2 aromatic carbocycles. The summed E-state index contributed by atoms with van der Waals surface area (Å²) in [5.41, 5.74) is 4.51. The highest BCUT2D eigenvalue weighted by atomic mass is 16.6. The summed E-state index contributed by atoms with van der Waals surface area (Å²) in [4.78, 5) is 12.6. The molecule has 0 saturated carbocycles. The van der Waals surface area contributed by atoms with Crippen molar-refractivity contribution in [3.05, 3.63) is 88.9 Å². The van der Waals surface area contributed by atoms with Gasteiger partial charge < -0.3 is 13.9 Å². The van der Waals surface area contributed by atoms with Gasteiger partial charge in [-0.3, -0.25) is 0 Å². The van der Waals surface area contributed by atoms with E-state index < -0.39 is 6.10 Å². The van der Waals surface area contributed by atoms with E-state index in [0.29, 0.717) is 5.75 Å².